The topological polar surface area (TPSA) is 12.5 Å². The second-order valence-electron chi connectivity index (χ2n) is 8.26. The van der Waals surface area contributed by atoms with Gasteiger partial charge in [0.05, 0.1) is 12.2 Å². The molecule has 0 N–H and O–H groups in total. The van der Waals surface area contributed by atoms with Crippen LogP contribution in [0.2, 0.25) is 0 Å². The maximum atomic E-state index is 5.99. The van der Waals surface area contributed by atoms with Gasteiger partial charge < -0.3 is 4.74 Å². The summed E-state index contributed by atoms with van der Waals surface area (Å²) in [4.78, 5) is 0. The fourth-order valence-electron chi connectivity index (χ4n) is 5.21. The van der Waals surface area contributed by atoms with Gasteiger partial charge in [0.15, 0.2) is 0 Å². The SMILES string of the molecule is C=C1CCC[C@@]2(CC[C@@H](CC3OC3CC(CC)CC)C2)C1. The van der Waals surface area contributed by atoms with E-state index in [1.54, 1.807) is 0 Å². The van der Waals surface area contributed by atoms with Crippen molar-refractivity contribution in [3.63, 3.8) is 0 Å². The van der Waals surface area contributed by atoms with Crippen LogP contribution in [-0.2, 0) is 4.74 Å². The lowest BCUT2D eigenvalue weighted by molar-refractivity contribution is 0.220. The van der Waals surface area contributed by atoms with Crippen LogP contribution in [0.1, 0.15) is 84.5 Å². The van der Waals surface area contributed by atoms with Crippen molar-refractivity contribution < 1.29 is 4.74 Å². The molecule has 2 aliphatic carbocycles. The first-order valence-electron chi connectivity index (χ1n) is 9.46. The molecule has 2 saturated carbocycles. The molecule has 0 aromatic carbocycles. The molecule has 3 fully saturated rings. The summed E-state index contributed by atoms with van der Waals surface area (Å²) in [5.41, 5.74) is 2.18. The number of ether oxygens (including phenoxy) is 1. The summed E-state index contributed by atoms with van der Waals surface area (Å²) >= 11 is 0. The van der Waals surface area contributed by atoms with Crippen molar-refractivity contribution in [1.82, 2.24) is 0 Å². The lowest BCUT2D eigenvalue weighted by atomic mass is 9.70. The fraction of sp³-hybridized carbons (Fsp3) is 0.900. The quantitative estimate of drug-likeness (QED) is 0.439. The maximum absolute atomic E-state index is 5.99. The molecule has 0 amide bonds. The molecule has 120 valence electrons. The third-order valence-corrected chi connectivity index (χ3v) is 6.64. The van der Waals surface area contributed by atoms with E-state index in [0.29, 0.717) is 17.6 Å². The minimum atomic E-state index is 0.604. The number of hydrogen-bond acceptors (Lipinski definition) is 1. The lowest BCUT2D eigenvalue weighted by Gasteiger charge is -2.35. The first-order chi connectivity index (χ1) is 10.1. The van der Waals surface area contributed by atoms with Gasteiger partial charge in [-0.15, -0.1) is 0 Å². The summed E-state index contributed by atoms with van der Waals surface area (Å²) in [7, 11) is 0. The Morgan fingerprint density at radius 2 is 2.05 bits per heavy atom. The van der Waals surface area contributed by atoms with Crippen molar-refractivity contribution in [2.45, 2.75) is 96.7 Å². The first kappa shape index (κ1) is 15.6. The number of hydrogen-bond donors (Lipinski definition) is 0. The summed E-state index contributed by atoms with van der Waals surface area (Å²) < 4.78 is 5.99. The molecule has 1 heterocycles. The average Bonchev–Trinajstić information content (AvgIpc) is 3.08. The summed E-state index contributed by atoms with van der Waals surface area (Å²) in [6, 6.07) is 0. The minimum Gasteiger partial charge on any atom is -0.370 e. The first-order valence-corrected chi connectivity index (χ1v) is 9.46. The van der Waals surface area contributed by atoms with Gasteiger partial charge in [0.1, 0.15) is 0 Å². The van der Waals surface area contributed by atoms with Crippen molar-refractivity contribution in [2.24, 2.45) is 17.3 Å². The number of epoxide rings is 1. The molecule has 1 aliphatic heterocycles. The van der Waals surface area contributed by atoms with Crippen molar-refractivity contribution in [3.8, 4) is 0 Å². The van der Waals surface area contributed by atoms with Crippen LogP contribution in [0.4, 0.5) is 0 Å². The molecule has 0 radical (unpaired) electrons. The Labute approximate surface area is 131 Å². The summed E-state index contributed by atoms with van der Waals surface area (Å²) in [6.07, 6.45) is 16.3. The van der Waals surface area contributed by atoms with Crippen molar-refractivity contribution in [3.05, 3.63) is 12.2 Å². The highest BCUT2D eigenvalue weighted by Crippen LogP contribution is 2.54. The molecule has 4 atom stereocenters. The molecule has 2 unspecified atom stereocenters. The van der Waals surface area contributed by atoms with Gasteiger partial charge in [0.25, 0.3) is 0 Å². The van der Waals surface area contributed by atoms with Crippen LogP contribution in [0.5, 0.6) is 0 Å². The highest BCUT2D eigenvalue weighted by Gasteiger charge is 2.45. The molecular weight excluding hydrogens is 256 g/mol. The van der Waals surface area contributed by atoms with Gasteiger partial charge in [0, 0.05) is 0 Å². The molecule has 1 heteroatoms. The molecule has 1 saturated heterocycles. The zero-order valence-corrected chi connectivity index (χ0v) is 14.2. The van der Waals surface area contributed by atoms with Crippen LogP contribution < -0.4 is 0 Å². The molecule has 0 aromatic heterocycles. The summed E-state index contributed by atoms with van der Waals surface area (Å²) in [5, 5.41) is 0. The van der Waals surface area contributed by atoms with Gasteiger partial charge in [-0.1, -0.05) is 38.8 Å². The Kier molecular flexibility index (Phi) is 4.78. The van der Waals surface area contributed by atoms with Gasteiger partial charge in [0.2, 0.25) is 0 Å². The predicted molar refractivity (Wildman–Crippen MR) is 89.3 cm³/mol. The average molecular weight is 290 g/mol. The molecule has 3 aliphatic rings. The smallest absolute Gasteiger partial charge is 0.0844 e. The van der Waals surface area contributed by atoms with Crippen LogP contribution in [0, 0.1) is 17.3 Å². The highest BCUT2D eigenvalue weighted by molar-refractivity contribution is 5.07. The third-order valence-electron chi connectivity index (χ3n) is 6.64. The second kappa shape index (κ2) is 6.44. The minimum absolute atomic E-state index is 0.604. The highest BCUT2D eigenvalue weighted by atomic mass is 16.6. The van der Waals surface area contributed by atoms with E-state index in [1.165, 1.54) is 76.2 Å². The van der Waals surface area contributed by atoms with Crippen LogP contribution in [0.3, 0.4) is 0 Å². The Balaban J connectivity index is 1.43. The second-order valence-corrected chi connectivity index (χ2v) is 8.26. The van der Waals surface area contributed by atoms with Gasteiger partial charge in [-0.25, -0.2) is 0 Å². The van der Waals surface area contributed by atoms with Crippen molar-refractivity contribution in [2.75, 3.05) is 0 Å². The standard InChI is InChI=1S/C20H34O/c1-4-16(5-2)11-18-19(21-18)12-17-8-10-20(14-17)9-6-7-15(3)13-20/h16-19H,3-14H2,1-2H3/t17-,18?,19?,20+/m0/s1. The van der Waals surface area contributed by atoms with Crippen molar-refractivity contribution in [1.29, 1.82) is 0 Å². The van der Waals surface area contributed by atoms with Gasteiger partial charge in [-0.2, -0.15) is 0 Å². The van der Waals surface area contributed by atoms with E-state index in [9.17, 15) is 0 Å². The molecule has 0 bridgehead atoms. The van der Waals surface area contributed by atoms with E-state index in [4.69, 9.17) is 4.74 Å². The molecular formula is C20H34O. The largest absolute Gasteiger partial charge is 0.370 e. The van der Waals surface area contributed by atoms with E-state index in [1.807, 2.05) is 0 Å². The molecule has 3 rings (SSSR count). The van der Waals surface area contributed by atoms with E-state index < -0.39 is 0 Å². The Morgan fingerprint density at radius 1 is 1.24 bits per heavy atom. The summed E-state index contributed by atoms with van der Waals surface area (Å²) in [5.74, 6) is 1.82. The van der Waals surface area contributed by atoms with E-state index in [2.05, 4.69) is 20.4 Å². The number of allylic oxidation sites excluding steroid dienone is 1. The normalized spacial score (nSPS) is 39.4. The van der Waals surface area contributed by atoms with Gasteiger partial charge in [-0.05, 0) is 75.0 Å². The molecule has 1 spiro atoms. The molecule has 21 heavy (non-hydrogen) atoms. The number of rotatable bonds is 6. The van der Waals surface area contributed by atoms with Crippen molar-refractivity contribution >= 4 is 0 Å². The maximum Gasteiger partial charge on any atom is 0.0844 e. The van der Waals surface area contributed by atoms with Crippen LogP contribution in [0.25, 0.3) is 0 Å². The van der Waals surface area contributed by atoms with E-state index in [-0.39, 0.29) is 0 Å². The fourth-order valence-corrected chi connectivity index (χ4v) is 5.21. The summed E-state index contributed by atoms with van der Waals surface area (Å²) in [6.45, 7) is 8.91. The van der Waals surface area contributed by atoms with Gasteiger partial charge >= 0.3 is 0 Å². The predicted octanol–water partition coefficient (Wildman–Crippen LogP) is 5.89. The monoisotopic (exact) mass is 290 g/mol. The third kappa shape index (κ3) is 3.73. The molecule has 1 nitrogen and oxygen atoms in total. The molecule has 0 aromatic rings. The Bertz CT molecular complexity index is 370. The Hall–Kier alpha value is -0.300. The lowest BCUT2D eigenvalue weighted by Crippen LogP contribution is -2.22. The zero-order chi connectivity index (χ0) is 14.9. The Morgan fingerprint density at radius 3 is 2.76 bits per heavy atom. The van der Waals surface area contributed by atoms with E-state index in [0.717, 1.165) is 11.8 Å². The van der Waals surface area contributed by atoms with Gasteiger partial charge in [-0.3, -0.25) is 0 Å². The van der Waals surface area contributed by atoms with E-state index >= 15 is 0 Å². The van der Waals surface area contributed by atoms with Crippen LogP contribution >= 0.6 is 0 Å². The van der Waals surface area contributed by atoms with Crippen LogP contribution in [-0.4, -0.2) is 12.2 Å². The van der Waals surface area contributed by atoms with Crippen LogP contribution in [0.15, 0.2) is 12.2 Å². The zero-order valence-electron chi connectivity index (χ0n) is 14.2.